The van der Waals surface area contributed by atoms with E-state index in [0.29, 0.717) is 21.1 Å². The number of halogens is 12. The van der Waals surface area contributed by atoms with Gasteiger partial charge in [-0.1, -0.05) is 4.44 Å². The van der Waals surface area contributed by atoms with Crippen LogP contribution in [0.2, 0.25) is 0 Å². The molecule has 1 saturated heterocycles. The van der Waals surface area contributed by atoms with Crippen LogP contribution in [-0.2, 0) is 14.5 Å². The van der Waals surface area contributed by atoms with Gasteiger partial charge in [-0.15, -0.1) is 4.67 Å². The van der Waals surface area contributed by atoms with Gasteiger partial charge in [-0.3, -0.25) is 0 Å². The van der Waals surface area contributed by atoms with Crippen molar-refractivity contribution in [3.8, 4) is 0 Å². The average molecular weight is 634 g/mol. The molecule has 0 aliphatic carbocycles. The zero-order valence-corrected chi connectivity index (χ0v) is 20.6. The molecule has 0 N–H and O–H groups in total. The molecule has 1 unspecified atom stereocenters. The molecule has 3 nitrogen and oxygen atoms in total. The first-order valence-corrected chi connectivity index (χ1v) is 17.1. The van der Waals surface area contributed by atoms with E-state index in [1.54, 1.807) is 0 Å². The maximum absolute atomic E-state index is 14.3. The number of hydrogen-bond acceptors (Lipinski definition) is 3. The van der Waals surface area contributed by atoms with E-state index in [0.717, 1.165) is 0 Å². The zero-order valence-electron chi connectivity index (χ0n) is 12.8. The van der Waals surface area contributed by atoms with Crippen molar-refractivity contribution in [2.45, 2.75) is 4.64 Å². The Bertz CT molecular complexity index is 462. The summed E-state index contributed by atoms with van der Waals surface area (Å²) in [4.78, 5) is 0. The molecule has 0 aromatic carbocycles. The molecule has 0 spiro atoms. The van der Waals surface area contributed by atoms with Crippen LogP contribution >= 0.6 is 61.2 Å². The minimum atomic E-state index is -6.37. The number of nitrogens with zero attached hydrogens (tertiary/aromatic N) is 3. The summed E-state index contributed by atoms with van der Waals surface area (Å²) in [5.41, 5.74) is 0. The second-order valence-electron chi connectivity index (χ2n) is 4.56. The van der Waals surface area contributed by atoms with E-state index in [9.17, 15) is 41.1 Å². The van der Waals surface area contributed by atoms with Crippen LogP contribution in [0.4, 0.5) is 41.1 Å². The van der Waals surface area contributed by atoms with Crippen molar-refractivity contribution in [3.05, 3.63) is 0 Å². The summed E-state index contributed by atoms with van der Waals surface area (Å²) in [5, 5.41) is 0. The molecule has 162 valence electrons. The monoisotopic (exact) mass is 633 g/mol. The van der Waals surface area contributed by atoms with E-state index in [-0.39, 0.29) is 4.67 Å². The molecule has 1 aliphatic heterocycles. The molecule has 0 aromatic heterocycles. The third-order valence-corrected chi connectivity index (χ3v) is 16.1. The van der Waals surface area contributed by atoms with Gasteiger partial charge in [0.25, 0.3) is 0 Å². The SMILES string of the molecule is CN(CC1([P+](F)(F)N(C)PF)[P+](F)(F)N(C)[P+]1(F)F)[PH+](F)F.[F][Rh]([Cl])[Cl]. The van der Waals surface area contributed by atoms with Gasteiger partial charge >= 0.3 is 74.6 Å². The van der Waals surface area contributed by atoms with Crippen molar-refractivity contribution in [1.29, 1.82) is 0 Å². The fourth-order valence-electron chi connectivity index (χ4n) is 1.92. The van der Waals surface area contributed by atoms with Crippen molar-refractivity contribution in [2.24, 2.45) is 0 Å². The van der Waals surface area contributed by atoms with E-state index in [1.807, 2.05) is 0 Å². The second-order valence-corrected chi connectivity index (χ2v) is 19.5. The van der Waals surface area contributed by atoms with Crippen LogP contribution in [0.15, 0.2) is 0 Å². The summed E-state index contributed by atoms with van der Waals surface area (Å²) >= 11 is -2.63. The maximum atomic E-state index is 14.3. The van der Waals surface area contributed by atoms with Gasteiger partial charge in [-0.2, -0.15) is 0 Å². The van der Waals surface area contributed by atoms with Crippen LogP contribution < -0.4 is 0 Å². The summed E-state index contributed by atoms with van der Waals surface area (Å²) in [6.07, 6.45) is 0. The first-order valence-electron chi connectivity index (χ1n) is 5.69. The molecule has 1 fully saturated rings. The van der Waals surface area contributed by atoms with Crippen molar-refractivity contribution in [2.75, 3.05) is 27.7 Å². The number of hydrogen-bond donors (Lipinski definition) is 0. The Balaban J connectivity index is 0.00000141. The van der Waals surface area contributed by atoms with Gasteiger partial charge < -0.3 is 0 Å². The molecular formula is C5H13Cl2F10N3P5Rh+4. The molecule has 0 aromatic rings. The molecule has 0 bridgehead atoms. The van der Waals surface area contributed by atoms with Crippen LogP contribution in [0.25, 0.3) is 0 Å². The van der Waals surface area contributed by atoms with Crippen LogP contribution in [0.3, 0.4) is 0 Å². The predicted octanol–water partition coefficient (Wildman–Crippen LogP) is 8.73. The Morgan fingerprint density at radius 1 is 1.15 bits per heavy atom. The molecular weight excluding hydrogens is 621 g/mol. The Kier molecular flexibility index (Phi) is 11.2. The fraction of sp³-hybridized carbons (Fsp3) is 1.00. The van der Waals surface area contributed by atoms with Crippen LogP contribution in [0.5, 0.6) is 0 Å². The first kappa shape index (κ1) is 28.5. The predicted molar refractivity (Wildman–Crippen MR) is 91.1 cm³/mol. The fourth-order valence-corrected chi connectivity index (χ4v) is 14.4. The molecule has 1 atom stereocenters. The second kappa shape index (κ2) is 10.2. The Labute approximate surface area is 162 Å². The van der Waals surface area contributed by atoms with Gasteiger partial charge in [0.05, 0.1) is 11.5 Å². The van der Waals surface area contributed by atoms with Gasteiger partial charge in [-0.05, 0) is 8.39 Å². The molecule has 0 amide bonds. The van der Waals surface area contributed by atoms with Crippen molar-refractivity contribution >= 4 is 61.2 Å². The van der Waals surface area contributed by atoms with E-state index in [4.69, 9.17) is 0 Å². The first-order chi connectivity index (χ1) is 11.4. The van der Waals surface area contributed by atoms with Crippen LogP contribution in [0.1, 0.15) is 0 Å². The van der Waals surface area contributed by atoms with Gasteiger partial charge in [-0.25, -0.2) is 4.20 Å². The molecule has 1 aliphatic rings. The molecule has 1 rings (SSSR count). The Morgan fingerprint density at radius 3 is 1.77 bits per heavy atom. The summed E-state index contributed by atoms with van der Waals surface area (Å²) < 4.78 is 128. The van der Waals surface area contributed by atoms with Gasteiger partial charge in [0, 0.05) is 39.3 Å². The normalized spacial score (nSPS) is 22.6. The Hall–Kier alpha value is 2.53. The molecule has 26 heavy (non-hydrogen) atoms. The molecule has 0 saturated carbocycles. The van der Waals surface area contributed by atoms with E-state index in [1.165, 1.54) is 0 Å². The summed E-state index contributed by atoms with van der Waals surface area (Å²) in [5.74, 6) is 0. The van der Waals surface area contributed by atoms with Crippen LogP contribution in [-0.4, -0.2) is 45.9 Å². The topological polar surface area (TPSA) is 9.72 Å². The molecule has 1 heterocycles. The Morgan fingerprint density at radius 2 is 1.50 bits per heavy atom. The zero-order chi connectivity index (χ0) is 21.3. The van der Waals surface area contributed by atoms with Gasteiger partial charge in [0.15, 0.2) is 15.6 Å². The third kappa shape index (κ3) is 5.05. The van der Waals surface area contributed by atoms with Crippen molar-refractivity contribution < 1.29 is 55.6 Å². The minimum absolute atomic E-state index is 0.178. The molecule has 21 heteroatoms. The van der Waals surface area contributed by atoms with E-state index >= 15 is 0 Å². The standard InChI is InChI=1S/C5H12F9N3P5.2ClH.FH.Rh/c1-15(19(7)8)4-5(20(9,10)16(2)18-6)21(11,12)17(3)22(5,13)14;;;;/h18H,4H2,1-3H3;3*1H;/q+3;;;;+3/p-2. The summed E-state index contributed by atoms with van der Waals surface area (Å²) in [6, 6.07) is 0. The van der Waals surface area contributed by atoms with E-state index < -0.39 is 76.4 Å². The van der Waals surface area contributed by atoms with Crippen molar-refractivity contribution in [1.82, 2.24) is 13.6 Å². The molecule has 0 radical (unpaired) electrons. The van der Waals surface area contributed by atoms with E-state index in [2.05, 4.69) is 19.4 Å². The third-order valence-electron chi connectivity index (χ3n) is 3.26. The quantitative estimate of drug-likeness (QED) is 0.165. The van der Waals surface area contributed by atoms with Gasteiger partial charge in [0.2, 0.25) is 0 Å². The van der Waals surface area contributed by atoms with Crippen LogP contribution in [0, 0.1) is 0 Å². The van der Waals surface area contributed by atoms with Gasteiger partial charge in [0.1, 0.15) is 0 Å². The summed E-state index contributed by atoms with van der Waals surface area (Å²) in [7, 11) is -14.9. The summed E-state index contributed by atoms with van der Waals surface area (Å²) in [6.45, 7) is -1.85. The van der Waals surface area contributed by atoms with Crippen molar-refractivity contribution in [3.63, 3.8) is 0 Å². The number of rotatable bonds is 6. The average Bonchev–Trinajstić information content (AvgIpc) is 2.48.